The van der Waals surface area contributed by atoms with Crippen molar-refractivity contribution in [1.29, 1.82) is 5.26 Å². The zero-order valence-corrected chi connectivity index (χ0v) is 23.2. The monoisotopic (exact) mass is 550 g/mol. The van der Waals surface area contributed by atoms with Crippen molar-refractivity contribution in [3.8, 4) is 17.2 Å². The molecule has 0 radical (unpaired) electrons. The Labute approximate surface area is 239 Å². The molecule has 1 fully saturated rings. The molecule has 2 aromatic heterocycles. The van der Waals surface area contributed by atoms with Crippen LogP contribution in [0, 0.1) is 22.6 Å². The molecule has 3 heterocycles. The molecule has 0 saturated heterocycles. The average molecular weight is 551 g/mol. The number of hydrogen-bond acceptors (Lipinski definition) is 9. The number of fused-ring (bicyclic) bond motifs is 1. The van der Waals surface area contributed by atoms with Crippen LogP contribution in [-0.4, -0.2) is 32.5 Å². The number of pyridine rings is 1. The number of benzene rings is 2. The Morgan fingerprint density at radius 3 is 2.61 bits per heavy atom. The molecule has 0 spiro atoms. The summed E-state index contributed by atoms with van der Waals surface area (Å²) < 4.78 is 23.7. The van der Waals surface area contributed by atoms with Crippen molar-refractivity contribution >= 4 is 22.3 Å². The Morgan fingerprint density at radius 1 is 1.17 bits per heavy atom. The standard InChI is InChI=1S/C31H32FN9/c1-31(2,3)17-37-28-20(12-33)15-36-30-25(21-13-34-18-35-14-21)10-23(11-26(28)30)38-29(19-4-6-22(32)7-5-19)27-16-41(40-39-27)24-8-9-24/h4-7,10-11,13-16,18,24,29,38-40H,8-9,17H2,1-3H3,(H,36,37)/t29-/m1/s1/i29D. The van der Waals surface area contributed by atoms with Gasteiger partial charge in [0, 0.05) is 59.6 Å². The molecule has 4 aromatic rings. The van der Waals surface area contributed by atoms with Crippen molar-refractivity contribution in [2.24, 2.45) is 5.41 Å². The van der Waals surface area contributed by atoms with Gasteiger partial charge in [0.25, 0.3) is 0 Å². The molecule has 1 saturated carbocycles. The van der Waals surface area contributed by atoms with Gasteiger partial charge in [-0.3, -0.25) is 9.99 Å². The van der Waals surface area contributed by atoms with E-state index in [1.54, 1.807) is 30.7 Å². The molecule has 208 valence electrons. The minimum absolute atomic E-state index is 0.0474. The van der Waals surface area contributed by atoms with Crippen molar-refractivity contribution in [3.05, 3.63) is 90.2 Å². The van der Waals surface area contributed by atoms with Crippen molar-refractivity contribution in [1.82, 2.24) is 30.9 Å². The fourth-order valence-corrected chi connectivity index (χ4v) is 4.72. The lowest BCUT2D eigenvalue weighted by Gasteiger charge is -2.24. The molecule has 41 heavy (non-hydrogen) atoms. The fraction of sp³-hybridized carbons (Fsp3) is 0.290. The van der Waals surface area contributed by atoms with Gasteiger partial charge in [-0.15, -0.1) is 5.53 Å². The van der Waals surface area contributed by atoms with E-state index in [2.05, 4.69) is 63.4 Å². The van der Waals surface area contributed by atoms with E-state index in [1.165, 1.54) is 18.5 Å². The number of anilines is 2. The predicted octanol–water partition coefficient (Wildman–Crippen LogP) is 5.64. The quantitative estimate of drug-likeness (QED) is 0.221. The fourth-order valence-electron chi connectivity index (χ4n) is 4.72. The van der Waals surface area contributed by atoms with Crippen LogP contribution in [0.15, 0.2) is 73.2 Å². The Balaban J connectivity index is 1.53. The highest BCUT2D eigenvalue weighted by Crippen LogP contribution is 2.38. The summed E-state index contributed by atoms with van der Waals surface area (Å²) in [5.41, 5.74) is 11.2. The zero-order chi connectivity index (χ0) is 29.5. The second kappa shape index (κ2) is 10.7. The van der Waals surface area contributed by atoms with Crippen LogP contribution in [0.25, 0.3) is 22.0 Å². The second-order valence-corrected chi connectivity index (χ2v) is 11.5. The Kier molecular flexibility index (Phi) is 6.57. The van der Waals surface area contributed by atoms with Crippen molar-refractivity contribution in [3.63, 3.8) is 0 Å². The molecule has 0 amide bonds. The van der Waals surface area contributed by atoms with Crippen LogP contribution < -0.4 is 21.6 Å². The van der Waals surface area contributed by atoms with Gasteiger partial charge in [-0.05, 0) is 48.1 Å². The maximum Gasteiger partial charge on any atom is 0.123 e. The van der Waals surface area contributed by atoms with Gasteiger partial charge in [0.2, 0.25) is 0 Å². The van der Waals surface area contributed by atoms with Gasteiger partial charge in [-0.25, -0.2) is 14.4 Å². The molecule has 0 unspecified atom stereocenters. The van der Waals surface area contributed by atoms with E-state index < -0.39 is 6.02 Å². The molecular formula is C31H32FN9. The summed E-state index contributed by atoms with van der Waals surface area (Å²) in [5.74, 6) is -0.381. The maximum atomic E-state index is 14.0. The van der Waals surface area contributed by atoms with E-state index in [9.17, 15) is 11.0 Å². The average Bonchev–Trinajstić information content (AvgIpc) is 3.71. The van der Waals surface area contributed by atoms with Gasteiger partial charge in [-0.2, -0.15) is 5.26 Å². The van der Waals surface area contributed by atoms with Crippen molar-refractivity contribution in [2.45, 2.75) is 45.7 Å². The van der Waals surface area contributed by atoms with E-state index in [-0.39, 0.29) is 11.2 Å². The van der Waals surface area contributed by atoms with Crippen molar-refractivity contribution in [2.75, 3.05) is 17.2 Å². The molecule has 4 N–H and O–H groups in total. The van der Waals surface area contributed by atoms with Gasteiger partial charge < -0.3 is 16.1 Å². The summed E-state index contributed by atoms with van der Waals surface area (Å²) >= 11 is 0. The van der Waals surface area contributed by atoms with Crippen LogP contribution in [0.3, 0.4) is 0 Å². The molecule has 2 aliphatic rings. The highest BCUT2D eigenvalue weighted by atomic mass is 19.1. The first-order valence-corrected chi connectivity index (χ1v) is 13.6. The lowest BCUT2D eigenvalue weighted by atomic mass is 9.95. The van der Waals surface area contributed by atoms with Crippen LogP contribution in [-0.2, 0) is 0 Å². The molecule has 9 nitrogen and oxygen atoms in total. The topological polar surface area (TPSA) is 114 Å². The molecule has 6 rings (SSSR count). The SMILES string of the molecule is [2H][C@](Nc1cc(-c2cncnc2)c2ncc(C#N)c(NCC(C)(C)C)c2c1)(C1=CN(C2CC2)NN1)c1ccc(F)cc1. The van der Waals surface area contributed by atoms with E-state index >= 15 is 0 Å². The highest BCUT2D eigenvalue weighted by Gasteiger charge is 2.32. The summed E-state index contributed by atoms with van der Waals surface area (Å²) in [4.78, 5) is 13.1. The maximum absolute atomic E-state index is 14.0. The van der Waals surface area contributed by atoms with Crippen molar-refractivity contribution < 1.29 is 5.76 Å². The third kappa shape index (κ3) is 5.76. The number of hydrogen-bond donors (Lipinski definition) is 4. The molecular weight excluding hydrogens is 517 g/mol. The van der Waals surface area contributed by atoms with Crippen LogP contribution in [0.1, 0.15) is 52.1 Å². The largest absolute Gasteiger partial charge is 0.383 e. The van der Waals surface area contributed by atoms with Gasteiger partial charge in [0.1, 0.15) is 18.2 Å². The predicted molar refractivity (Wildman–Crippen MR) is 157 cm³/mol. The van der Waals surface area contributed by atoms with Crippen LogP contribution in [0.5, 0.6) is 0 Å². The normalized spacial score (nSPS) is 16.8. The second-order valence-electron chi connectivity index (χ2n) is 11.5. The minimum Gasteiger partial charge on any atom is -0.383 e. The van der Waals surface area contributed by atoms with Gasteiger partial charge in [-0.1, -0.05) is 32.9 Å². The third-order valence-corrected chi connectivity index (χ3v) is 6.96. The van der Waals surface area contributed by atoms with Gasteiger partial charge >= 0.3 is 0 Å². The van der Waals surface area contributed by atoms with Gasteiger partial charge in [0.15, 0.2) is 0 Å². The number of hydrazine groups is 2. The van der Waals surface area contributed by atoms with Gasteiger partial charge in [0.05, 0.1) is 29.9 Å². The highest BCUT2D eigenvalue weighted by molar-refractivity contribution is 6.04. The Morgan fingerprint density at radius 2 is 1.93 bits per heavy atom. The van der Waals surface area contributed by atoms with E-state index in [1.807, 2.05) is 23.3 Å². The summed E-state index contributed by atoms with van der Waals surface area (Å²) in [5, 5.41) is 19.6. The number of nitriles is 1. The smallest absolute Gasteiger partial charge is 0.123 e. The summed E-state index contributed by atoms with van der Waals surface area (Å²) in [7, 11) is 0. The first-order chi connectivity index (χ1) is 20.1. The first kappa shape index (κ1) is 25.2. The first-order valence-electron chi connectivity index (χ1n) is 14.1. The lowest BCUT2D eigenvalue weighted by Crippen LogP contribution is -2.38. The molecule has 1 aliphatic heterocycles. The minimum atomic E-state index is -1.53. The van der Waals surface area contributed by atoms with E-state index in [0.717, 1.165) is 29.4 Å². The molecule has 10 heteroatoms. The molecule has 0 bridgehead atoms. The Hall–Kier alpha value is -4.75. The van der Waals surface area contributed by atoms with Crippen LogP contribution in [0.4, 0.5) is 15.8 Å². The number of nitrogens with zero attached hydrogens (tertiary/aromatic N) is 5. The zero-order valence-electron chi connectivity index (χ0n) is 24.2. The molecule has 2 aromatic carbocycles. The summed E-state index contributed by atoms with van der Waals surface area (Å²) in [6.45, 7) is 6.98. The Bertz CT molecular complexity index is 1690. The number of rotatable bonds is 8. The molecule has 1 atom stereocenters. The number of nitrogens with one attached hydrogen (secondary N) is 4. The number of aromatic nitrogens is 3. The van der Waals surface area contributed by atoms with E-state index in [4.69, 9.17) is 0 Å². The number of halogens is 1. The molecule has 1 aliphatic carbocycles. The lowest BCUT2D eigenvalue weighted by molar-refractivity contribution is 0.260. The van der Waals surface area contributed by atoms with E-state index in [0.29, 0.717) is 46.3 Å². The third-order valence-electron chi connectivity index (χ3n) is 6.96. The van der Waals surface area contributed by atoms with Crippen LogP contribution >= 0.6 is 0 Å². The summed E-state index contributed by atoms with van der Waals surface area (Å²) in [6, 6.07) is 10.8. The van der Waals surface area contributed by atoms with Crippen LogP contribution in [0.2, 0.25) is 0 Å². The summed E-state index contributed by atoms with van der Waals surface area (Å²) in [6.07, 6.45) is 10.5.